The lowest BCUT2D eigenvalue weighted by atomic mass is 10.1. The van der Waals surface area contributed by atoms with E-state index in [-0.39, 0.29) is 18.4 Å². The molecule has 0 fully saturated rings. The Bertz CT molecular complexity index is 112. The van der Waals surface area contributed by atoms with Crippen molar-refractivity contribution < 1.29 is 9.53 Å². The number of ether oxygens (including phenoxy) is 1. The Hall–Kier alpha value is -0.450. The summed E-state index contributed by atoms with van der Waals surface area (Å²) in [4.78, 5) is 10.6. The monoisotopic (exact) mass is 146 g/mol. The fourth-order valence-corrected chi connectivity index (χ4v) is 0.651. The molecule has 0 saturated carbocycles. The van der Waals surface area contributed by atoms with Gasteiger partial charge in [0.2, 0.25) is 0 Å². The molecule has 0 aromatic rings. The number of hydrogen-bond acceptors (Lipinski definition) is 4. The van der Waals surface area contributed by atoms with Crippen LogP contribution in [-0.4, -0.2) is 31.6 Å². The molecule has 0 amide bonds. The molecule has 0 saturated heterocycles. The van der Waals surface area contributed by atoms with Crippen molar-refractivity contribution in [2.45, 2.75) is 19.1 Å². The predicted octanol–water partition coefficient (Wildman–Crippen LogP) is -1.12. The molecule has 0 radical (unpaired) electrons. The van der Waals surface area contributed by atoms with Crippen molar-refractivity contribution in [3.05, 3.63) is 0 Å². The third kappa shape index (κ3) is 2.43. The lowest BCUT2D eigenvalue weighted by molar-refractivity contribution is -0.120. The van der Waals surface area contributed by atoms with E-state index in [0.29, 0.717) is 0 Å². The number of methoxy groups -OCH3 is 1. The predicted molar refractivity (Wildman–Crippen MR) is 38.5 cm³/mol. The fraction of sp³-hybridized carbons (Fsp3) is 0.833. The second kappa shape index (κ2) is 4.38. The number of nitrogens with two attached hydrogens (primary N) is 2. The minimum Gasteiger partial charge on any atom is -0.378 e. The molecule has 2 atom stereocenters. The normalized spacial score (nSPS) is 16.4. The number of rotatable bonds is 4. The molecule has 2 unspecified atom stereocenters. The molecule has 0 aliphatic heterocycles. The summed E-state index contributed by atoms with van der Waals surface area (Å²) in [7, 11) is 1.49. The average Bonchev–Trinajstić information content (AvgIpc) is 1.90. The maximum absolute atomic E-state index is 10.6. The quantitative estimate of drug-likeness (QED) is 0.526. The highest BCUT2D eigenvalue weighted by atomic mass is 16.5. The first-order valence-electron chi connectivity index (χ1n) is 3.12. The molecule has 0 aliphatic carbocycles. The highest BCUT2D eigenvalue weighted by Crippen LogP contribution is 1.93. The summed E-state index contributed by atoms with van der Waals surface area (Å²) in [5, 5.41) is 0. The summed E-state index contributed by atoms with van der Waals surface area (Å²) >= 11 is 0. The van der Waals surface area contributed by atoms with Gasteiger partial charge in [0, 0.05) is 13.7 Å². The molecular formula is C6H14N2O2. The van der Waals surface area contributed by atoms with Gasteiger partial charge in [-0.25, -0.2) is 0 Å². The van der Waals surface area contributed by atoms with E-state index >= 15 is 0 Å². The van der Waals surface area contributed by atoms with Crippen LogP contribution in [0.5, 0.6) is 0 Å². The number of Topliss-reactive ketones (excluding diaryl/α,β-unsaturated/α-hetero) is 1. The van der Waals surface area contributed by atoms with Crippen LogP contribution in [0.4, 0.5) is 0 Å². The minimum atomic E-state index is -0.588. The van der Waals surface area contributed by atoms with Crippen LogP contribution >= 0.6 is 0 Å². The summed E-state index contributed by atoms with van der Waals surface area (Å²) in [6.07, 6.45) is -0.350. The van der Waals surface area contributed by atoms with Crippen LogP contribution in [0.15, 0.2) is 0 Å². The van der Waals surface area contributed by atoms with Crippen LogP contribution in [-0.2, 0) is 9.53 Å². The zero-order valence-corrected chi connectivity index (χ0v) is 6.33. The van der Waals surface area contributed by atoms with Crippen molar-refractivity contribution in [3.63, 3.8) is 0 Å². The first-order valence-corrected chi connectivity index (χ1v) is 3.12. The maximum Gasteiger partial charge on any atom is 0.149 e. The molecule has 0 aromatic heterocycles. The standard InChI is InChI=1S/C6H14N2O2/c1-4(9)6(8)5(3-7)10-2/h5-6H,3,7-8H2,1-2H3. The van der Waals surface area contributed by atoms with Gasteiger partial charge in [-0.15, -0.1) is 0 Å². The molecule has 10 heavy (non-hydrogen) atoms. The van der Waals surface area contributed by atoms with Gasteiger partial charge in [0.05, 0.1) is 12.1 Å². The van der Waals surface area contributed by atoms with Gasteiger partial charge in [-0.2, -0.15) is 0 Å². The zero-order chi connectivity index (χ0) is 8.15. The molecule has 4 nitrogen and oxygen atoms in total. The van der Waals surface area contributed by atoms with Crippen molar-refractivity contribution in [2.24, 2.45) is 11.5 Å². The second-order valence-corrected chi connectivity index (χ2v) is 2.15. The number of ketones is 1. The molecule has 0 bridgehead atoms. The van der Waals surface area contributed by atoms with Crippen molar-refractivity contribution >= 4 is 5.78 Å². The van der Waals surface area contributed by atoms with Crippen LogP contribution in [0, 0.1) is 0 Å². The SMILES string of the molecule is COC(CN)C(N)C(C)=O. The Morgan fingerprint density at radius 1 is 1.70 bits per heavy atom. The summed E-state index contributed by atoms with van der Waals surface area (Å²) in [6, 6.07) is -0.588. The van der Waals surface area contributed by atoms with Crippen molar-refractivity contribution in [2.75, 3.05) is 13.7 Å². The molecule has 0 rings (SSSR count). The van der Waals surface area contributed by atoms with Gasteiger partial charge in [-0.05, 0) is 6.92 Å². The Morgan fingerprint density at radius 2 is 2.20 bits per heavy atom. The number of hydrogen-bond donors (Lipinski definition) is 2. The lowest BCUT2D eigenvalue weighted by Gasteiger charge is -2.17. The van der Waals surface area contributed by atoms with Crippen molar-refractivity contribution in [1.29, 1.82) is 0 Å². The summed E-state index contributed by atoms with van der Waals surface area (Å²) < 4.78 is 4.85. The van der Waals surface area contributed by atoms with E-state index in [9.17, 15) is 4.79 Å². The van der Waals surface area contributed by atoms with Gasteiger partial charge in [0.15, 0.2) is 0 Å². The molecular weight excluding hydrogens is 132 g/mol. The highest BCUT2D eigenvalue weighted by Gasteiger charge is 2.18. The summed E-state index contributed by atoms with van der Waals surface area (Å²) in [5.41, 5.74) is 10.7. The summed E-state index contributed by atoms with van der Waals surface area (Å²) in [5.74, 6) is -0.0997. The highest BCUT2D eigenvalue weighted by molar-refractivity contribution is 5.81. The maximum atomic E-state index is 10.6. The topological polar surface area (TPSA) is 78.3 Å². The minimum absolute atomic E-state index is 0.0997. The smallest absolute Gasteiger partial charge is 0.149 e. The van der Waals surface area contributed by atoms with E-state index in [2.05, 4.69) is 0 Å². The zero-order valence-electron chi connectivity index (χ0n) is 6.33. The molecule has 0 heterocycles. The lowest BCUT2D eigenvalue weighted by Crippen LogP contribution is -2.45. The fourth-order valence-electron chi connectivity index (χ4n) is 0.651. The Balaban J connectivity index is 3.88. The van der Waals surface area contributed by atoms with Crippen molar-refractivity contribution in [1.82, 2.24) is 0 Å². The van der Waals surface area contributed by atoms with E-state index in [1.54, 1.807) is 0 Å². The van der Waals surface area contributed by atoms with Crippen LogP contribution < -0.4 is 11.5 Å². The van der Waals surface area contributed by atoms with Crippen molar-refractivity contribution in [3.8, 4) is 0 Å². The summed E-state index contributed by atoms with van der Waals surface area (Å²) in [6.45, 7) is 1.70. The molecule has 0 aliphatic rings. The van der Waals surface area contributed by atoms with Crippen LogP contribution in [0.2, 0.25) is 0 Å². The third-order valence-electron chi connectivity index (χ3n) is 1.41. The van der Waals surface area contributed by atoms with Crippen LogP contribution in [0.3, 0.4) is 0 Å². The van der Waals surface area contributed by atoms with E-state index in [1.165, 1.54) is 14.0 Å². The van der Waals surface area contributed by atoms with Gasteiger partial charge in [-0.1, -0.05) is 0 Å². The van der Waals surface area contributed by atoms with Gasteiger partial charge < -0.3 is 16.2 Å². The molecule has 0 aromatic carbocycles. The molecule has 0 spiro atoms. The van der Waals surface area contributed by atoms with Gasteiger partial charge in [0.1, 0.15) is 5.78 Å². The van der Waals surface area contributed by atoms with E-state index in [1.807, 2.05) is 0 Å². The van der Waals surface area contributed by atoms with Gasteiger partial charge >= 0.3 is 0 Å². The third-order valence-corrected chi connectivity index (χ3v) is 1.41. The first-order chi connectivity index (χ1) is 4.63. The van der Waals surface area contributed by atoms with E-state index < -0.39 is 6.04 Å². The van der Waals surface area contributed by atoms with Crippen LogP contribution in [0.1, 0.15) is 6.92 Å². The first kappa shape index (κ1) is 9.55. The largest absolute Gasteiger partial charge is 0.378 e. The molecule has 4 heteroatoms. The Kier molecular flexibility index (Phi) is 4.18. The van der Waals surface area contributed by atoms with Gasteiger partial charge in [-0.3, -0.25) is 4.79 Å². The Labute approximate surface area is 60.5 Å². The number of carbonyl (C=O) groups excluding carboxylic acids is 1. The molecule has 4 N–H and O–H groups in total. The van der Waals surface area contributed by atoms with E-state index in [0.717, 1.165) is 0 Å². The Morgan fingerprint density at radius 3 is 2.30 bits per heavy atom. The average molecular weight is 146 g/mol. The van der Waals surface area contributed by atoms with Crippen LogP contribution in [0.25, 0.3) is 0 Å². The number of carbonyl (C=O) groups is 1. The molecule has 60 valence electrons. The van der Waals surface area contributed by atoms with E-state index in [4.69, 9.17) is 16.2 Å². The second-order valence-electron chi connectivity index (χ2n) is 2.15. The van der Waals surface area contributed by atoms with Gasteiger partial charge in [0.25, 0.3) is 0 Å².